The smallest absolute Gasteiger partial charge is 0.417 e. The summed E-state index contributed by atoms with van der Waals surface area (Å²) >= 11 is 0. The molecule has 4 nitrogen and oxygen atoms in total. The number of hydrogen-bond acceptors (Lipinski definition) is 3. The summed E-state index contributed by atoms with van der Waals surface area (Å²) in [5, 5.41) is 8.81. The lowest BCUT2D eigenvalue weighted by Crippen LogP contribution is -2.19. The van der Waals surface area contributed by atoms with E-state index in [9.17, 15) is 18.0 Å². The molecule has 1 N–H and O–H groups in total. The standard InChI is InChI=1S/C16H13F3N2O2/c1-8-4-10(14(23-3)5-9(8)2)13-6-12(16(17,18)19)11(7-20)15(22)21-13/h4-6H,1-3H3,(H,21,22). The number of rotatable bonds is 2. The van der Waals surface area contributed by atoms with Gasteiger partial charge in [-0.3, -0.25) is 4.79 Å². The number of ether oxygens (including phenoxy) is 1. The average Bonchev–Trinajstić information content (AvgIpc) is 2.47. The third kappa shape index (κ3) is 3.06. The van der Waals surface area contributed by atoms with Crippen molar-refractivity contribution in [2.45, 2.75) is 20.0 Å². The lowest BCUT2D eigenvalue weighted by atomic mass is 10.00. The minimum absolute atomic E-state index is 0.0544. The van der Waals surface area contributed by atoms with Gasteiger partial charge in [0.15, 0.2) is 0 Å². The summed E-state index contributed by atoms with van der Waals surface area (Å²) in [5.74, 6) is 0.335. The zero-order chi connectivity index (χ0) is 17.4. The van der Waals surface area contributed by atoms with E-state index in [0.29, 0.717) is 11.3 Å². The number of alkyl halides is 3. The number of nitrogens with one attached hydrogen (secondary N) is 1. The van der Waals surface area contributed by atoms with Gasteiger partial charge in [-0.1, -0.05) is 0 Å². The molecule has 0 aliphatic carbocycles. The van der Waals surface area contributed by atoms with E-state index >= 15 is 0 Å². The van der Waals surface area contributed by atoms with Crippen molar-refractivity contribution >= 4 is 0 Å². The molecular weight excluding hydrogens is 309 g/mol. The number of methoxy groups -OCH3 is 1. The number of aromatic amines is 1. The van der Waals surface area contributed by atoms with Crippen LogP contribution >= 0.6 is 0 Å². The third-order valence-corrected chi connectivity index (χ3v) is 3.56. The molecule has 1 aromatic carbocycles. The predicted molar refractivity (Wildman–Crippen MR) is 78.2 cm³/mol. The quantitative estimate of drug-likeness (QED) is 0.919. The lowest BCUT2D eigenvalue weighted by molar-refractivity contribution is -0.137. The largest absolute Gasteiger partial charge is 0.496 e. The summed E-state index contributed by atoms with van der Waals surface area (Å²) in [6.07, 6.45) is -4.80. The highest BCUT2D eigenvalue weighted by Gasteiger charge is 2.35. The molecule has 0 spiro atoms. The van der Waals surface area contributed by atoms with Crippen LogP contribution in [0.1, 0.15) is 22.3 Å². The van der Waals surface area contributed by atoms with Gasteiger partial charge < -0.3 is 9.72 Å². The van der Waals surface area contributed by atoms with Crippen LogP contribution in [0.5, 0.6) is 5.75 Å². The van der Waals surface area contributed by atoms with E-state index in [2.05, 4.69) is 4.98 Å². The first-order chi connectivity index (χ1) is 10.7. The number of benzene rings is 1. The second-order valence-electron chi connectivity index (χ2n) is 5.05. The Morgan fingerprint density at radius 1 is 1.17 bits per heavy atom. The summed E-state index contributed by atoms with van der Waals surface area (Å²) in [4.78, 5) is 14.2. The lowest BCUT2D eigenvalue weighted by Gasteiger charge is -2.14. The highest BCUT2D eigenvalue weighted by molar-refractivity contribution is 5.70. The number of nitrogens with zero attached hydrogens (tertiary/aromatic N) is 1. The second-order valence-corrected chi connectivity index (χ2v) is 5.05. The first kappa shape index (κ1) is 16.6. The van der Waals surface area contributed by atoms with Crippen molar-refractivity contribution in [1.29, 1.82) is 5.26 Å². The molecule has 0 atom stereocenters. The molecule has 120 valence electrons. The molecule has 0 saturated heterocycles. The van der Waals surface area contributed by atoms with Crippen molar-refractivity contribution in [3.8, 4) is 23.1 Å². The molecule has 23 heavy (non-hydrogen) atoms. The Hall–Kier alpha value is -2.75. The van der Waals surface area contributed by atoms with Crippen molar-refractivity contribution in [1.82, 2.24) is 4.98 Å². The van der Waals surface area contributed by atoms with Crippen LogP contribution in [-0.2, 0) is 6.18 Å². The molecule has 0 aliphatic heterocycles. The van der Waals surface area contributed by atoms with Gasteiger partial charge in [-0.2, -0.15) is 18.4 Å². The summed E-state index contributed by atoms with van der Waals surface area (Å²) in [7, 11) is 1.39. The van der Waals surface area contributed by atoms with Crippen molar-refractivity contribution < 1.29 is 17.9 Å². The SMILES string of the molecule is COc1cc(C)c(C)cc1-c1cc(C(F)(F)F)c(C#N)c(=O)[nH]1. The van der Waals surface area contributed by atoms with Crippen LogP contribution in [0, 0.1) is 25.2 Å². The van der Waals surface area contributed by atoms with E-state index in [1.165, 1.54) is 13.2 Å². The van der Waals surface area contributed by atoms with Crippen LogP contribution in [0.15, 0.2) is 23.0 Å². The predicted octanol–water partition coefficient (Wildman–Crippen LogP) is 3.56. The van der Waals surface area contributed by atoms with Gasteiger partial charge in [0, 0.05) is 5.56 Å². The summed E-state index contributed by atoms with van der Waals surface area (Å²) in [5.41, 5.74) is -1.30. The molecule has 1 heterocycles. The van der Waals surface area contributed by atoms with E-state index < -0.39 is 22.9 Å². The Morgan fingerprint density at radius 2 is 1.78 bits per heavy atom. The fourth-order valence-corrected chi connectivity index (χ4v) is 2.21. The topological polar surface area (TPSA) is 65.9 Å². The van der Waals surface area contributed by atoms with Gasteiger partial charge in [-0.25, -0.2) is 0 Å². The molecule has 0 saturated carbocycles. The average molecular weight is 322 g/mol. The van der Waals surface area contributed by atoms with E-state index in [4.69, 9.17) is 10.00 Å². The van der Waals surface area contributed by atoms with Gasteiger partial charge in [0.1, 0.15) is 17.4 Å². The molecule has 0 radical (unpaired) electrons. The Morgan fingerprint density at radius 3 is 2.30 bits per heavy atom. The molecule has 0 amide bonds. The maximum atomic E-state index is 13.1. The summed E-state index contributed by atoms with van der Waals surface area (Å²) in [6, 6.07) is 5.37. The fraction of sp³-hybridized carbons (Fsp3) is 0.250. The minimum atomic E-state index is -4.80. The highest BCUT2D eigenvalue weighted by Crippen LogP contribution is 2.36. The molecule has 7 heteroatoms. The molecule has 2 rings (SSSR count). The van der Waals surface area contributed by atoms with Crippen molar-refractivity contribution in [2.75, 3.05) is 7.11 Å². The number of H-pyrrole nitrogens is 1. The number of aryl methyl sites for hydroxylation is 2. The Balaban J connectivity index is 2.81. The first-order valence-corrected chi connectivity index (χ1v) is 6.59. The zero-order valence-corrected chi connectivity index (χ0v) is 12.6. The van der Waals surface area contributed by atoms with Gasteiger partial charge in [-0.05, 0) is 43.2 Å². The molecule has 0 fully saturated rings. The van der Waals surface area contributed by atoms with E-state index in [-0.39, 0.29) is 5.69 Å². The second kappa shape index (κ2) is 5.80. The maximum Gasteiger partial charge on any atom is 0.417 e. The van der Waals surface area contributed by atoms with E-state index in [1.807, 2.05) is 6.92 Å². The third-order valence-electron chi connectivity index (χ3n) is 3.56. The molecular formula is C16H13F3N2O2. The van der Waals surface area contributed by atoms with E-state index in [1.54, 1.807) is 19.1 Å². The van der Waals surface area contributed by atoms with Crippen LogP contribution < -0.4 is 10.3 Å². The molecule has 0 bridgehead atoms. The number of halogens is 3. The number of nitriles is 1. The molecule has 0 unspecified atom stereocenters. The van der Waals surface area contributed by atoms with Crippen molar-refractivity contribution in [3.05, 3.63) is 50.8 Å². The van der Waals surface area contributed by atoms with Crippen LogP contribution in [0.2, 0.25) is 0 Å². The first-order valence-electron chi connectivity index (χ1n) is 6.59. The Labute approximate surface area is 130 Å². The Bertz CT molecular complexity index is 861. The summed E-state index contributed by atoms with van der Waals surface area (Å²) < 4.78 is 44.5. The van der Waals surface area contributed by atoms with Gasteiger partial charge in [0.25, 0.3) is 5.56 Å². The van der Waals surface area contributed by atoms with Crippen molar-refractivity contribution in [2.24, 2.45) is 0 Å². The van der Waals surface area contributed by atoms with Gasteiger partial charge >= 0.3 is 6.18 Å². The van der Waals surface area contributed by atoms with E-state index in [0.717, 1.165) is 17.2 Å². The number of hydrogen-bond donors (Lipinski definition) is 1. The van der Waals surface area contributed by atoms with Crippen LogP contribution in [0.4, 0.5) is 13.2 Å². The Kier molecular flexibility index (Phi) is 4.19. The normalized spacial score (nSPS) is 11.2. The van der Waals surface area contributed by atoms with Gasteiger partial charge in [0.2, 0.25) is 0 Å². The maximum absolute atomic E-state index is 13.1. The number of aromatic nitrogens is 1. The molecule has 2 aromatic rings. The van der Waals surface area contributed by atoms with Crippen LogP contribution in [0.25, 0.3) is 11.3 Å². The molecule has 0 aliphatic rings. The van der Waals surface area contributed by atoms with Gasteiger partial charge in [-0.15, -0.1) is 0 Å². The summed E-state index contributed by atoms with van der Waals surface area (Å²) in [6.45, 7) is 3.63. The zero-order valence-electron chi connectivity index (χ0n) is 12.6. The fourth-order valence-electron chi connectivity index (χ4n) is 2.21. The van der Waals surface area contributed by atoms with Gasteiger partial charge in [0.05, 0.1) is 18.4 Å². The van der Waals surface area contributed by atoms with Crippen LogP contribution in [-0.4, -0.2) is 12.1 Å². The molecule has 1 aromatic heterocycles. The van der Waals surface area contributed by atoms with Crippen molar-refractivity contribution in [3.63, 3.8) is 0 Å². The highest BCUT2D eigenvalue weighted by atomic mass is 19.4. The monoisotopic (exact) mass is 322 g/mol. The minimum Gasteiger partial charge on any atom is -0.496 e. The number of pyridine rings is 1. The van der Waals surface area contributed by atoms with Crippen LogP contribution in [0.3, 0.4) is 0 Å².